The van der Waals surface area contributed by atoms with Crippen molar-refractivity contribution in [2.24, 2.45) is 0 Å². The van der Waals surface area contributed by atoms with Gasteiger partial charge in [-0.1, -0.05) is 6.07 Å². The molecule has 11 heteroatoms. The van der Waals surface area contributed by atoms with Gasteiger partial charge in [-0.2, -0.15) is 12.7 Å². The van der Waals surface area contributed by atoms with E-state index in [0.717, 1.165) is 16.4 Å². The van der Waals surface area contributed by atoms with Crippen molar-refractivity contribution in [3.05, 3.63) is 48.2 Å². The highest BCUT2D eigenvalue weighted by Crippen LogP contribution is 2.33. The van der Waals surface area contributed by atoms with Crippen LogP contribution in [0.15, 0.2) is 36.5 Å². The lowest BCUT2D eigenvalue weighted by Crippen LogP contribution is -2.43. The number of hydrogen-bond acceptors (Lipinski definition) is 6. The fourth-order valence-corrected chi connectivity index (χ4v) is 4.28. The SMILES string of the molecule is Nc1ncc2cc(-c3c(F)ccc(NS(=O)(=O)N4CCOCC4)c3F)ccc2n1. The molecule has 0 bridgehead atoms. The molecule has 29 heavy (non-hydrogen) atoms. The van der Waals surface area contributed by atoms with Crippen LogP contribution in [0.4, 0.5) is 20.4 Å². The van der Waals surface area contributed by atoms with E-state index in [0.29, 0.717) is 10.9 Å². The van der Waals surface area contributed by atoms with Gasteiger partial charge in [0.05, 0.1) is 30.0 Å². The number of rotatable bonds is 4. The minimum Gasteiger partial charge on any atom is -0.379 e. The maximum Gasteiger partial charge on any atom is 0.301 e. The third-order valence-electron chi connectivity index (χ3n) is 4.53. The van der Waals surface area contributed by atoms with Crippen LogP contribution < -0.4 is 10.5 Å². The summed E-state index contributed by atoms with van der Waals surface area (Å²) in [6.45, 7) is 0.807. The minimum atomic E-state index is -4.00. The van der Waals surface area contributed by atoms with Crippen LogP contribution in [0.1, 0.15) is 0 Å². The highest BCUT2D eigenvalue weighted by atomic mass is 32.2. The number of hydrogen-bond donors (Lipinski definition) is 2. The normalized spacial score (nSPS) is 15.5. The van der Waals surface area contributed by atoms with Gasteiger partial charge in [0.25, 0.3) is 0 Å². The average molecular weight is 421 g/mol. The fraction of sp³-hybridized carbons (Fsp3) is 0.222. The summed E-state index contributed by atoms with van der Waals surface area (Å²) in [5, 5.41) is 0.537. The number of aromatic nitrogens is 2. The molecule has 8 nitrogen and oxygen atoms in total. The van der Waals surface area contributed by atoms with Crippen molar-refractivity contribution in [1.82, 2.24) is 14.3 Å². The number of morpholine rings is 1. The van der Waals surface area contributed by atoms with Crippen molar-refractivity contribution in [2.45, 2.75) is 0 Å². The Hall–Kier alpha value is -2.89. The average Bonchev–Trinajstić information content (AvgIpc) is 2.71. The Morgan fingerprint density at radius 3 is 2.66 bits per heavy atom. The summed E-state index contributed by atoms with van der Waals surface area (Å²) >= 11 is 0. The Labute approximate surface area is 165 Å². The van der Waals surface area contributed by atoms with Gasteiger partial charge in [0.1, 0.15) is 5.82 Å². The maximum atomic E-state index is 15.1. The topological polar surface area (TPSA) is 110 Å². The summed E-state index contributed by atoms with van der Waals surface area (Å²) in [4.78, 5) is 7.92. The van der Waals surface area contributed by atoms with Gasteiger partial charge in [-0.3, -0.25) is 4.72 Å². The molecule has 0 unspecified atom stereocenters. The molecule has 2 heterocycles. The van der Waals surface area contributed by atoms with Crippen molar-refractivity contribution in [2.75, 3.05) is 36.8 Å². The van der Waals surface area contributed by atoms with E-state index in [1.807, 2.05) is 0 Å². The van der Waals surface area contributed by atoms with Crippen molar-refractivity contribution in [3.8, 4) is 11.1 Å². The highest BCUT2D eigenvalue weighted by molar-refractivity contribution is 7.90. The van der Waals surface area contributed by atoms with Gasteiger partial charge in [-0.25, -0.2) is 18.7 Å². The van der Waals surface area contributed by atoms with Crippen LogP contribution in [0, 0.1) is 11.6 Å². The largest absolute Gasteiger partial charge is 0.379 e. The lowest BCUT2D eigenvalue weighted by atomic mass is 10.0. The molecule has 0 aliphatic carbocycles. The molecule has 1 aliphatic rings. The number of nitrogens with zero attached hydrogens (tertiary/aromatic N) is 3. The lowest BCUT2D eigenvalue weighted by molar-refractivity contribution is 0.0733. The number of anilines is 2. The Balaban J connectivity index is 1.73. The van der Waals surface area contributed by atoms with Gasteiger partial charge < -0.3 is 10.5 Å². The van der Waals surface area contributed by atoms with E-state index in [9.17, 15) is 12.8 Å². The summed E-state index contributed by atoms with van der Waals surface area (Å²) in [6, 6.07) is 6.62. The number of nitrogen functional groups attached to an aromatic ring is 1. The molecule has 1 fully saturated rings. The zero-order chi connectivity index (χ0) is 20.6. The predicted molar refractivity (Wildman–Crippen MR) is 104 cm³/mol. The standard InChI is InChI=1S/C18H17F2N5O3S/c19-13-2-4-15(24-29(26,27)25-5-7-28-8-6-25)17(20)16(13)11-1-3-14-12(9-11)10-22-18(21)23-14/h1-4,9-10,24H,5-8H2,(H2,21,22,23). The first-order valence-corrected chi connectivity index (χ1v) is 10.2. The molecule has 3 N–H and O–H groups in total. The van der Waals surface area contributed by atoms with E-state index in [4.69, 9.17) is 10.5 Å². The maximum absolute atomic E-state index is 15.1. The van der Waals surface area contributed by atoms with Crippen LogP contribution >= 0.6 is 0 Å². The van der Waals surface area contributed by atoms with Crippen molar-refractivity contribution in [3.63, 3.8) is 0 Å². The van der Waals surface area contributed by atoms with E-state index in [1.165, 1.54) is 18.3 Å². The van der Waals surface area contributed by atoms with Gasteiger partial charge in [0, 0.05) is 24.7 Å². The molecule has 0 amide bonds. The third-order valence-corrected chi connectivity index (χ3v) is 6.05. The molecule has 2 aromatic carbocycles. The van der Waals surface area contributed by atoms with Crippen LogP contribution in [-0.2, 0) is 14.9 Å². The van der Waals surface area contributed by atoms with E-state index >= 15 is 4.39 Å². The number of fused-ring (bicyclic) bond motifs is 1. The molecule has 0 atom stereocenters. The fourth-order valence-electron chi connectivity index (χ4n) is 3.09. The lowest BCUT2D eigenvalue weighted by Gasteiger charge is -2.26. The van der Waals surface area contributed by atoms with Crippen molar-refractivity contribution < 1.29 is 21.9 Å². The second-order valence-electron chi connectivity index (χ2n) is 6.40. The molecule has 0 spiro atoms. The second kappa shape index (κ2) is 7.50. The van der Waals surface area contributed by atoms with E-state index < -0.39 is 21.8 Å². The van der Waals surface area contributed by atoms with Gasteiger partial charge in [-0.05, 0) is 29.8 Å². The van der Waals surface area contributed by atoms with E-state index in [2.05, 4.69) is 14.7 Å². The number of nitrogens with one attached hydrogen (secondary N) is 1. The van der Waals surface area contributed by atoms with Crippen LogP contribution in [0.2, 0.25) is 0 Å². The Morgan fingerprint density at radius 2 is 1.90 bits per heavy atom. The molecule has 0 radical (unpaired) electrons. The van der Waals surface area contributed by atoms with Crippen LogP contribution in [0.5, 0.6) is 0 Å². The monoisotopic (exact) mass is 421 g/mol. The number of ether oxygens (including phenoxy) is 1. The Morgan fingerprint density at radius 1 is 1.14 bits per heavy atom. The minimum absolute atomic E-state index is 0.0853. The third kappa shape index (κ3) is 3.84. The van der Waals surface area contributed by atoms with Gasteiger partial charge in [0.15, 0.2) is 5.82 Å². The summed E-state index contributed by atoms with van der Waals surface area (Å²) in [7, 11) is -4.00. The molecule has 1 aromatic heterocycles. The van der Waals surface area contributed by atoms with Gasteiger partial charge in [0.2, 0.25) is 5.95 Å². The van der Waals surface area contributed by atoms with Crippen LogP contribution in [0.25, 0.3) is 22.0 Å². The van der Waals surface area contributed by atoms with Crippen molar-refractivity contribution >= 4 is 32.7 Å². The first-order valence-electron chi connectivity index (χ1n) is 8.71. The molecule has 152 valence electrons. The van der Waals surface area contributed by atoms with Crippen molar-refractivity contribution in [1.29, 1.82) is 0 Å². The van der Waals surface area contributed by atoms with Crippen LogP contribution in [-0.4, -0.2) is 49.0 Å². The summed E-state index contributed by atoms with van der Waals surface area (Å²) < 4.78 is 63.1. The molecule has 1 aliphatic heterocycles. The second-order valence-corrected chi connectivity index (χ2v) is 8.07. The first kappa shape index (κ1) is 19.4. The predicted octanol–water partition coefficient (Wildman–Crippen LogP) is 2.15. The van der Waals surface area contributed by atoms with Crippen LogP contribution in [0.3, 0.4) is 0 Å². The number of nitrogens with two attached hydrogens (primary N) is 1. The zero-order valence-electron chi connectivity index (χ0n) is 15.1. The highest BCUT2D eigenvalue weighted by Gasteiger charge is 2.26. The number of halogens is 2. The Bertz CT molecular complexity index is 1180. The molecular weight excluding hydrogens is 404 g/mol. The van der Waals surface area contributed by atoms with Gasteiger partial charge in [-0.15, -0.1) is 0 Å². The molecule has 4 rings (SSSR count). The van der Waals surface area contributed by atoms with Gasteiger partial charge >= 0.3 is 10.2 Å². The van der Waals surface area contributed by atoms with E-state index in [-0.39, 0.29) is 49.1 Å². The smallest absolute Gasteiger partial charge is 0.301 e. The molecule has 3 aromatic rings. The summed E-state index contributed by atoms with van der Waals surface area (Å²) in [6.07, 6.45) is 1.45. The quantitative estimate of drug-likeness (QED) is 0.668. The van der Waals surface area contributed by atoms with E-state index in [1.54, 1.807) is 6.07 Å². The molecule has 1 saturated heterocycles. The first-order chi connectivity index (χ1) is 13.8. The Kier molecular flexibility index (Phi) is 5.03. The number of benzene rings is 2. The zero-order valence-corrected chi connectivity index (χ0v) is 15.9. The summed E-state index contributed by atoms with van der Waals surface area (Å²) in [5.74, 6) is -1.76. The molecular formula is C18H17F2N5O3S. The summed E-state index contributed by atoms with van der Waals surface area (Å²) in [5.41, 5.74) is 5.58. The molecule has 0 saturated carbocycles.